The molecule has 0 aliphatic carbocycles. The van der Waals surface area contributed by atoms with E-state index in [0.717, 1.165) is 12.1 Å². The van der Waals surface area contributed by atoms with Crippen molar-refractivity contribution < 1.29 is 22.8 Å². The van der Waals surface area contributed by atoms with Crippen LogP contribution < -0.4 is 5.73 Å². The monoisotopic (exact) mass is 230 g/mol. The Labute approximate surface area is 87.6 Å². The molecular formula is C9H5F3N2O2. The molecule has 16 heavy (non-hydrogen) atoms. The number of isocyanates is 1. The van der Waals surface area contributed by atoms with Crippen molar-refractivity contribution in [2.24, 2.45) is 10.7 Å². The lowest BCUT2D eigenvalue weighted by molar-refractivity contribution is -0.137. The van der Waals surface area contributed by atoms with Crippen molar-refractivity contribution in [3.05, 3.63) is 29.3 Å². The SMILES string of the molecule is NC(=O)c1cc(N=C=O)cc(C(F)(F)F)c1. The number of nitrogens with two attached hydrogens (primary N) is 1. The Morgan fingerprint density at radius 2 is 1.94 bits per heavy atom. The third-order valence-electron chi connectivity index (χ3n) is 1.70. The van der Waals surface area contributed by atoms with Gasteiger partial charge in [0, 0.05) is 5.56 Å². The van der Waals surface area contributed by atoms with E-state index in [0.29, 0.717) is 12.1 Å². The van der Waals surface area contributed by atoms with Gasteiger partial charge in [0.25, 0.3) is 0 Å². The van der Waals surface area contributed by atoms with Gasteiger partial charge in [-0.25, -0.2) is 4.79 Å². The summed E-state index contributed by atoms with van der Waals surface area (Å²) in [5, 5.41) is 0. The highest BCUT2D eigenvalue weighted by Crippen LogP contribution is 2.32. The number of halogens is 3. The number of hydrogen-bond donors (Lipinski definition) is 1. The van der Waals surface area contributed by atoms with Crippen molar-refractivity contribution >= 4 is 17.7 Å². The molecule has 2 N–H and O–H groups in total. The molecule has 0 heterocycles. The van der Waals surface area contributed by atoms with Crippen molar-refractivity contribution in [1.29, 1.82) is 0 Å². The highest BCUT2D eigenvalue weighted by Gasteiger charge is 2.31. The maximum absolute atomic E-state index is 12.4. The minimum absolute atomic E-state index is 0.321. The molecule has 4 nitrogen and oxygen atoms in total. The third kappa shape index (κ3) is 2.68. The summed E-state index contributed by atoms with van der Waals surface area (Å²) in [4.78, 5) is 23.7. The first kappa shape index (κ1) is 11.9. The highest BCUT2D eigenvalue weighted by atomic mass is 19.4. The van der Waals surface area contributed by atoms with Gasteiger partial charge in [-0.3, -0.25) is 4.79 Å². The van der Waals surface area contributed by atoms with E-state index in [1.54, 1.807) is 0 Å². The number of aliphatic imine (C=N–C) groups is 1. The Morgan fingerprint density at radius 3 is 2.38 bits per heavy atom. The number of carbonyl (C=O) groups is 1. The summed E-state index contributed by atoms with van der Waals surface area (Å²) in [5.74, 6) is -1.03. The lowest BCUT2D eigenvalue weighted by atomic mass is 10.1. The number of rotatable bonds is 2. The average Bonchev–Trinajstić information content (AvgIpc) is 2.16. The minimum Gasteiger partial charge on any atom is -0.366 e. The molecule has 0 aliphatic rings. The van der Waals surface area contributed by atoms with Crippen LogP contribution in [0.5, 0.6) is 0 Å². The predicted molar refractivity (Wildman–Crippen MR) is 47.7 cm³/mol. The number of alkyl halides is 3. The molecule has 0 spiro atoms. The van der Waals surface area contributed by atoms with Crippen LogP contribution in [0.25, 0.3) is 0 Å². The molecule has 0 fully saturated rings. The van der Waals surface area contributed by atoms with Crippen LogP contribution in [0, 0.1) is 0 Å². The standard InChI is InChI=1S/C9H5F3N2O2/c10-9(11,12)6-1-5(8(13)16)2-7(3-6)14-4-15/h1-3H,(H2,13,16). The molecule has 1 amide bonds. The normalized spacial score (nSPS) is 10.7. The van der Waals surface area contributed by atoms with Crippen LogP contribution in [0.2, 0.25) is 0 Å². The smallest absolute Gasteiger partial charge is 0.366 e. The molecule has 7 heteroatoms. The quantitative estimate of drug-likeness (QED) is 0.621. The Kier molecular flexibility index (Phi) is 3.10. The second kappa shape index (κ2) is 4.16. The Hall–Kier alpha value is -2.14. The van der Waals surface area contributed by atoms with Crippen LogP contribution in [0.15, 0.2) is 23.2 Å². The van der Waals surface area contributed by atoms with Gasteiger partial charge in [0.05, 0.1) is 11.3 Å². The Bertz CT molecular complexity index is 456. The first-order valence-corrected chi connectivity index (χ1v) is 3.94. The number of primary amides is 1. The van der Waals surface area contributed by atoms with Gasteiger partial charge in [-0.1, -0.05) is 0 Å². The minimum atomic E-state index is -4.64. The van der Waals surface area contributed by atoms with Crippen molar-refractivity contribution in [2.45, 2.75) is 6.18 Å². The second-order valence-corrected chi connectivity index (χ2v) is 2.83. The molecule has 1 rings (SSSR count). The summed E-state index contributed by atoms with van der Waals surface area (Å²) < 4.78 is 37.1. The molecule has 0 atom stereocenters. The van der Waals surface area contributed by atoms with Crippen LogP contribution >= 0.6 is 0 Å². The predicted octanol–water partition coefficient (Wildman–Crippen LogP) is 1.77. The van der Waals surface area contributed by atoms with Crippen LogP contribution in [0.1, 0.15) is 15.9 Å². The van der Waals surface area contributed by atoms with Gasteiger partial charge in [0.15, 0.2) is 0 Å². The first-order valence-electron chi connectivity index (χ1n) is 3.94. The molecule has 0 aliphatic heterocycles. The second-order valence-electron chi connectivity index (χ2n) is 2.83. The third-order valence-corrected chi connectivity index (χ3v) is 1.70. The Morgan fingerprint density at radius 1 is 1.31 bits per heavy atom. The van der Waals surface area contributed by atoms with Gasteiger partial charge in [-0.2, -0.15) is 18.2 Å². The van der Waals surface area contributed by atoms with E-state index in [1.165, 1.54) is 0 Å². The van der Waals surface area contributed by atoms with Gasteiger partial charge in [0.2, 0.25) is 12.0 Å². The molecule has 0 aromatic heterocycles. The van der Waals surface area contributed by atoms with Crippen molar-refractivity contribution in [1.82, 2.24) is 0 Å². The van der Waals surface area contributed by atoms with Crippen LogP contribution in [0.3, 0.4) is 0 Å². The lowest BCUT2D eigenvalue weighted by Crippen LogP contribution is -2.13. The van der Waals surface area contributed by atoms with E-state index in [4.69, 9.17) is 5.73 Å². The van der Waals surface area contributed by atoms with Gasteiger partial charge < -0.3 is 5.73 Å². The summed E-state index contributed by atoms with van der Waals surface area (Å²) in [5.41, 5.74) is 3.05. The van der Waals surface area contributed by atoms with Crippen molar-refractivity contribution in [3.63, 3.8) is 0 Å². The van der Waals surface area contributed by atoms with Gasteiger partial charge in [0.1, 0.15) is 0 Å². The summed E-state index contributed by atoms with van der Waals surface area (Å²) >= 11 is 0. The molecule has 1 aromatic carbocycles. The van der Waals surface area contributed by atoms with E-state index >= 15 is 0 Å². The number of nitrogens with zero attached hydrogens (tertiary/aromatic N) is 1. The number of hydrogen-bond acceptors (Lipinski definition) is 3. The van der Waals surface area contributed by atoms with E-state index in [9.17, 15) is 22.8 Å². The summed E-state index contributed by atoms with van der Waals surface area (Å²) in [6.45, 7) is 0. The highest BCUT2D eigenvalue weighted by molar-refractivity contribution is 5.94. The van der Waals surface area contributed by atoms with E-state index in [1.807, 2.05) is 0 Å². The van der Waals surface area contributed by atoms with Gasteiger partial charge in [-0.05, 0) is 18.2 Å². The molecule has 0 saturated carbocycles. The number of carbonyl (C=O) groups excluding carboxylic acids is 2. The zero-order chi connectivity index (χ0) is 12.3. The largest absolute Gasteiger partial charge is 0.416 e. The van der Waals surface area contributed by atoms with Gasteiger partial charge >= 0.3 is 6.18 Å². The van der Waals surface area contributed by atoms with E-state index in [-0.39, 0.29) is 11.3 Å². The fraction of sp³-hybridized carbons (Fsp3) is 0.111. The van der Waals surface area contributed by atoms with Crippen LogP contribution in [-0.2, 0) is 11.0 Å². The van der Waals surface area contributed by atoms with Crippen LogP contribution in [-0.4, -0.2) is 12.0 Å². The Balaban J connectivity index is 3.41. The van der Waals surface area contributed by atoms with Crippen LogP contribution in [0.4, 0.5) is 18.9 Å². The molecule has 1 aromatic rings. The molecular weight excluding hydrogens is 225 g/mol. The summed E-state index contributed by atoms with van der Waals surface area (Å²) in [6.07, 6.45) is -3.56. The molecule has 0 radical (unpaired) electrons. The lowest BCUT2D eigenvalue weighted by Gasteiger charge is -2.08. The summed E-state index contributed by atoms with van der Waals surface area (Å²) in [7, 11) is 0. The fourth-order valence-corrected chi connectivity index (χ4v) is 1.03. The van der Waals surface area contributed by atoms with E-state index < -0.39 is 17.6 Å². The average molecular weight is 230 g/mol. The van der Waals surface area contributed by atoms with Gasteiger partial charge in [-0.15, -0.1) is 0 Å². The number of amides is 1. The van der Waals surface area contributed by atoms with Crippen molar-refractivity contribution in [2.75, 3.05) is 0 Å². The zero-order valence-corrected chi connectivity index (χ0v) is 7.71. The maximum atomic E-state index is 12.4. The van der Waals surface area contributed by atoms with Crippen molar-refractivity contribution in [3.8, 4) is 0 Å². The summed E-state index contributed by atoms with van der Waals surface area (Å²) in [6, 6.07) is 2.19. The topological polar surface area (TPSA) is 72.5 Å². The first-order chi connectivity index (χ1) is 7.34. The molecule has 0 saturated heterocycles. The maximum Gasteiger partial charge on any atom is 0.416 e. The number of benzene rings is 1. The fourth-order valence-electron chi connectivity index (χ4n) is 1.03. The molecule has 0 unspecified atom stereocenters. The zero-order valence-electron chi connectivity index (χ0n) is 7.71. The molecule has 84 valence electrons. The van der Waals surface area contributed by atoms with E-state index in [2.05, 4.69) is 4.99 Å². The molecule has 0 bridgehead atoms.